The zero-order valence-corrected chi connectivity index (χ0v) is 13.3. The van der Waals surface area contributed by atoms with Crippen LogP contribution >= 0.6 is 0 Å². The van der Waals surface area contributed by atoms with Crippen molar-refractivity contribution in [3.63, 3.8) is 0 Å². The van der Waals surface area contributed by atoms with Crippen molar-refractivity contribution in [3.8, 4) is 0 Å². The first-order chi connectivity index (χ1) is 10.4. The molecule has 1 heterocycles. The molecule has 1 fully saturated rings. The number of aromatic nitrogens is 2. The number of nitrogens with two attached hydrogens (primary N) is 1. The Morgan fingerprint density at radius 3 is 2.41 bits per heavy atom. The zero-order valence-electron chi connectivity index (χ0n) is 12.5. The first-order valence-electron chi connectivity index (χ1n) is 6.99. The highest BCUT2D eigenvalue weighted by molar-refractivity contribution is 7.89. The monoisotopic (exact) mass is 318 g/mol. The Morgan fingerprint density at radius 1 is 1.14 bits per heavy atom. The molecule has 0 amide bonds. The summed E-state index contributed by atoms with van der Waals surface area (Å²) in [6, 6.07) is 8.73. The van der Waals surface area contributed by atoms with Gasteiger partial charge in [-0.25, -0.2) is 23.5 Å². The molecule has 2 N–H and O–H groups in total. The first kappa shape index (κ1) is 14.9. The van der Waals surface area contributed by atoms with Gasteiger partial charge in [-0.2, -0.15) is 0 Å². The molecule has 1 aromatic carbocycles. The van der Waals surface area contributed by atoms with Crippen molar-refractivity contribution in [1.82, 2.24) is 9.97 Å². The Kier molecular flexibility index (Phi) is 3.62. The van der Waals surface area contributed by atoms with Crippen molar-refractivity contribution in [3.05, 3.63) is 47.8 Å². The van der Waals surface area contributed by atoms with Crippen molar-refractivity contribution < 1.29 is 8.42 Å². The molecule has 1 saturated carbocycles. The number of anilines is 1. The van der Waals surface area contributed by atoms with Gasteiger partial charge in [0.1, 0.15) is 0 Å². The Hall–Kier alpha value is -1.99. The van der Waals surface area contributed by atoms with E-state index < -0.39 is 10.0 Å². The minimum Gasteiger partial charge on any atom is -0.347 e. The summed E-state index contributed by atoms with van der Waals surface area (Å²) in [4.78, 5) is 10.8. The number of primary sulfonamides is 1. The normalized spacial score (nSPS) is 20.7. The predicted octanol–water partition coefficient (Wildman–Crippen LogP) is 1.46. The van der Waals surface area contributed by atoms with E-state index in [4.69, 9.17) is 5.14 Å². The number of benzene rings is 1. The Morgan fingerprint density at radius 2 is 1.82 bits per heavy atom. The van der Waals surface area contributed by atoms with E-state index in [1.165, 1.54) is 0 Å². The van der Waals surface area contributed by atoms with Gasteiger partial charge in [0.05, 0.1) is 4.90 Å². The van der Waals surface area contributed by atoms with Crippen LogP contribution in [0.4, 0.5) is 5.95 Å². The van der Waals surface area contributed by atoms with Crippen LogP contribution in [0.5, 0.6) is 0 Å². The number of rotatable bonds is 4. The predicted molar refractivity (Wildman–Crippen MR) is 84.3 cm³/mol. The summed E-state index contributed by atoms with van der Waals surface area (Å²) < 4.78 is 22.5. The summed E-state index contributed by atoms with van der Waals surface area (Å²) in [6.45, 7) is 0. The molecule has 6 nitrogen and oxygen atoms in total. The van der Waals surface area contributed by atoms with Crippen molar-refractivity contribution in [1.29, 1.82) is 0 Å². The van der Waals surface area contributed by atoms with Gasteiger partial charge in [-0.3, -0.25) is 0 Å². The Labute approximate surface area is 130 Å². The smallest absolute Gasteiger partial charge is 0.238 e. The number of nitrogens with zero attached hydrogens (tertiary/aromatic N) is 3. The summed E-state index contributed by atoms with van der Waals surface area (Å²) in [5.41, 5.74) is 2.14. The first-order valence-corrected chi connectivity index (χ1v) is 8.54. The molecular weight excluding hydrogens is 300 g/mol. The lowest BCUT2D eigenvalue weighted by atomic mass is 10.1. The molecule has 2 atom stereocenters. The molecule has 1 aromatic heterocycles. The maximum absolute atomic E-state index is 11.3. The largest absolute Gasteiger partial charge is 0.347 e. The van der Waals surface area contributed by atoms with Crippen LogP contribution < -0.4 is 10.0 Å². The van der Waals surface area contributed by atoms with E-state index in [-0.39, 0.29) is 4.90 Å². The lowest BCUT2D eigenvalue weighted by Gasteiger charge is -2.10. The van der Waals surface area contributed by atoms with Crippen LogP contribution in [0.3, 0.4) is 0 Å². The average Bonchev–Trinajstić information content (AvgIpc) is 3.27. The highest BCUT2D eigenvalue weighted by atomic mass is 32.2. The molecule has 7 heteroatoms. The van der Waals surface area contributed by atoms with Crippen LogP contribution in [0, 0.1) is 0 Å². The van der Waals surface area contributed by atoms with Crippen LogP contribution in [-0.2, 0) is 10.0 Å². The quantitative estimate of drug-likeness (QED) is 0.922. The van der Waals surface area contributed by atoms with E-state index in [0.29, 0.717) is 17.8 Å². The number of hydrogen-bond donors (Lipinski definition) is 1. The van der Waals surface area contributed by atoms with Gasteiger partial charge < -0.3 is 4.90 Å². The Bertz CT molecular complexity index is 787. The molecular formula is C15H18N4O2S. The van der Waals surface area contributed by atoms with Gasteiger partial charge in [-0.1, -0.05) is 12.1 Å². The number of sulfonamides is 1. The van der Waals surface area contributed by atoms with Crippen molar-refractivity contribution >= 4 is 16.0 Å². The fraction of sp³-hybridized carbons (Fsp3) is 0.333. The molecule has 116 valence electrons. The molecule has 0 spiro atoms. The molecule has 3 rings (SSSR count). The fourth-order valence-corrected chi connectivity index (χ4v) is 3.09. The molecule has 0 aliphatic heterocycles. The summed E-state index contributed by atoms with van der Waals surface area (Å²) >= 11 is 0. The third-order valence-electron chi connectivity index (χ3n) is 3.87. The summed E-state index contributed by atoms with van der Waals surface area (Å²) in [7, 11) is 0.193. The molecule has 1 aliphatic rings. The van der Waals surface area contributed by atoms with Crippen LogP contribution in [0.25, 0.3) is 0 Å². The summed E-state index contributed by atoms with van der Waals surface area (Å²) in [5.74, 6) is 1.44. The molecule has 0 saturated heterocycles. The van der Waals surface area contributed by atoms with E-state index in [2.05, 4.69) is 9.97 Å². The van der Waals surface area contributed by atoms with Crippen LogP contribution in [-0.4, -0.2) is 32.5 Å². The number of hydrogen-bond acceptors (Lipinski definition) is 5. The van der Waals surface area contributed by atoms with Crippen LogP contribution in [0.2, 0.25) is 0 Å². The average molecular weight is 318 g/mol. The van der Waals surface area contributed by atoms with E-state index >= 15 is 0 Å². The van der Waals surface area contributed by atoms with Gasteiger partial charge in [0.15, 0.2) is 0 Å². The molecule has 1 aliphatic carbocycles. The van der Waals surface area contributed by atoms with E-state index in [1.807, 2.05) is 37.2 Å². The summed E-state index contributed by atoms with van der Waals surface area (Å²) in [6.07, 6.45) is 2.79. The minimum atomic E-state index is -3.63. The zero-order chi connectivity index (χ0) is 15.9. The maximum Gasteiger partial charge on any atom is 0.238 e. The molecule has 0 bridgehead atoms. The molecule has 22 heavy (non-hydrogen) atoms. The highest BCUT2D eigenvalue weighted by Crippen LogP contribution is 2.54. The topological polar surface area (TPSA) is 89.2 Å². The van der Waals surface area contributed by atoms with Crippen molar-refractivity contribution in [2.24, 2.45) is 5.14 Å². The van der Waals surface area contributed by atoms with E-state index in [0.717, 1.165) is 17.7 Å². The lowest BCUT2D eigenvalue weighted by molar-refractivity contribution is 0.598. The van der Waals surface area contributed by atoms with E-state index in [1.54, 1.807) is 18.3 Å². The van der Waals surface area contributed by atoms with Gasteiger partial charge >= 0.3 is 0 Å². The standard InChI is InChI=1S/C15H18N4O2S/c1-19(2)15-17-8-7-14(18-15)13-9-12(13)10-3-5-11(6-4-10)22(16,20)21/h3-8,12-13H,9H2,1-2H3,(H2,16,20,21). The second-order valence-corrected chi connectivity index (χ2v) is 7.30. The van der Waals surface area contributed by atoms with Gasteiger partial charge in [-0.15, -0.1) is 0 Å². The van der Waals surface area contributed by atoms with Crippen molar-refractivity contribution in [2.45, 2.75) is 23.2 Å². The van der Waals surface area contributed by atoms with Crippen LogP contribution in [0.15, 0.2) is 41.4 Å². The third-order valence-corrected chi connectivity index (χ3v) is 4.80. The second-order valence-electron chi connectivity index (χ2n) is 5.74. The third kappa shape index (κ3) is 2.95. The second kappa shape index (κ2) is 5.33. The Balaban J connectivity index is 1.78. The van der Waals surface area contributed by atoms with E-state index in [9.17, 15) is 8.42 Å². The van der Waals surface area contributed by atoms with Gasteiger partial charge in [0, 0.05) is 31.9 Å². The van der Waals surface area contributed by atoms with Crippen LogP contribution in [0.1, 0.15) is 29.5 Å². The highest BCUT2D eigenvalue weighted by Gasteiger charge is 2.40. The molecule has 2 aromatic rings. The maximum atomic E-state index is 11.3. The minimum absolute atomic E-state index is 0.144. The fourth-order valence-electron chi connectivity index (χ4n) is 2.58. The van der Waals surface area contributed by atoms with Gasteiger partial charge in [-0.05, 0) is 36.1 Å². The van der Waals surface area contributed by atoms with Crippen molar-refractivity contribution in [2.75, 3.05) is 19.0 Å². The van der Waals surface area contributed by atoms with Gasteiger partial charge in [0.2, 0.25) is 16.0 Å². The molecule has 0 radical (unpaired) electrons. The van der Waals surface area contributed by atoms with Gasteiger partial charge in [0.25, 0.3) is 0 Å². The summed E-state index contributed by atoms with van der Waals surface area (Å²) in [5, 5.41) is 5.11. The molecule has 2 unspecified atom stereocenters. The SMILES string of the molecule is CN(C)c1nccc(C2CC2c2ccc(S(N)(=O)=O)cc2)n1. The lowest BCUT2D eigenvalue weighted by Crippen LogP contribution is -2.13.